The average Bonchev–Trinajstić information content (AvgIpc) is 3.59. The zero-order valence-corrected chi connectivity index (χ0v) is 23.1. The van der Waals surface area contributed by atoms with Gasteiger partial charge in [0.05, 0.1) is 12.2 Å². The molecule has 1 aliphatic rings. The molecule has 3 aromatic heterocycles. The van der Waals surface area contributed by atoms with Crippen molar-refractivity contribution in [1.29, 1.82) is 0 Å². The van der Waals surface area contributed by atoms with E-state index in [4.69, 9.17) is 14.5 Å². The fraction of sp³-hybridized carbons (Fsp3) is 0.407. The van der Waals surface area contributed by atoms with Gasteiger partial charge in [0.1, 0.15) is 25.0 Å². The van der Waals surface area contributed by atoms with Crippen molar-refractivity contribution in [2.75, 3.05) is 18.1 Å². The molecular weight excluding hydrogens is 484 g/mol. The highest BCUT2D eigenvalue weighted by molar-refractivity contribution is 6.76. The van der Waals surface area contributed by atoms with E-state index < -0.39 is 8.07 Å². The van der Waals surface area contributed by atoms with E-state index in [-0.39, 0.29) is 18.1 Å². The second-order valence-corrected chi connectivity index (χ2v) is 16.6. The molecule has 1 fully saturated rings. The van der Waals surface area contributed by atoms with Crippen LogP contribution in [0, 0.1) is 5.92 Å². The highest BCUT2D eigenvalue weighted by Gasteiger charge is 2.37. The van der Waals surface area contributed by atoms with Crippen LogP contribution < -0.4 is 4.90 Å². The summed E-state index contributed by atoms with van der Waals surface area (Å²) in [4.78, 5) is 23.5. The monoisotopic (exact) mass is 518 g/mol. The Hall–Kier alpha value is -3.50. The summed E-state index contributed by atoms with van der Waals surface area (Å²) in [7, 11) is -1.12. The zero-order valence-electron chi connectivity index (χ0n) is 22.1. The first-order chi connectivity index (χ1) is 17.7. The van der Waals surface area contributed by atoms with Crippen molar-refractivity contribution in [3.05, 3.63) is 55.1 Å². The molecule has 0 radical (unpaired) electrons. The Labute approximate surface area is 218 Å². The molecule has 0 spiro atoms. The highest BCUT2D eigenvalue weighted by atomic mass is 28.3. The number of benzene rings is 1. The summed E-state index contributed by atoms with van der Waals surface area (Å²) in [5, 5.41) is 4.47. The van der Waals surface area contributed by atoms with E-state index in [1.165, 1.54) is 0 Å². The Bertz CT molecular complexity index is 1390. The SMILES string of the molecule is CC(C)C1COC(=O)N1c1ccn2ncc(-c3ccc(-c4nccn4COCC[Si](C)(C)C)cc3)c2n1. The fourth-order valence-corrected chi connectivity index (χ4v) is 5.16. The molecule has 4 heterocycles. The van der Waals surface area contributed by atoms with Gasteiger partial charge < -0.3 is 14.0 Å². The van der Waals surface area contributed by atoms with Gasteiger partial charge in [-0.2, -0.15) is 5.10 Å². The molecule has 0 aliphatic carbocycles. The van der Waals surface area contributed by atoms with E-state index in [9.17, 15) is 4.79 Å². The molecule has 0 N–H and O–H groups in total. The van der Waals surface area contributed by atoms with Gasteiger partial charge in [-0.3, -0.25) is 4.90 Å². The lowest BCUT2D eigenvalue weighted by atomic mass is 10.0. The molecule has 194 valence electrons. The van der Waals surface area contributed by atoms with E-state index in [0.29, 0.717) is 24.8 Å². The summed E-state index contributed by atoms with van der Waals surface area (Å²) < 4.78 is 15.0. The summed E-state index contributed by atoms with van der Waals surface area (Å²) in [6, 6.07) is 11.1. The van der Waals surface area contributed by atoms with Crippen molar-refractivity contribution < 1.29 is 14.3 Å². The van der Waals surface area contributed by atoms with Crippen molar-refractivity contribution >= 4 is 25.6 Å². The van der Waals surface area contributed by atoms with Crippen molar-refractivity contribution in [2.45, 2.75) is 52.3 Å². The third kappa shape index (κ3) is 5.30. The highest BCUT2D eigenvalue weighted by Crippen LogP contribution is 2.30. The molecule has 5 rings (SSSR count). The number of cyclic esters (lactones) is 1. The number of nitrogens with zero attached hydrogens (tertiary/aromatic N) is 6. The molecule has 1 aromatic carbocycles. The van der Waals surface area contributed by atoms with Gasteiger partial charge in [0.25, 0.3) is 0 Å². The predicted octanol–water partition coefficient (Wildman–Crippen LogP) is 5.55. The van der Waals surface area contributed by atoms with Crippen molar-refractivity contribution in [2.24, 2.45) is 5.92 Å². The van der Waals surface area contributed by atoms with Crippen LogP contribution in [0.5, 0.6) is 0 Å². The van der Waals surface area contributed by atoms with Crippen molar-refractivity contribution in [1.82, 2.24) is 24.1 Å². The van der Waals surface area contributed by atoms with E-state index in [1.807, 2.05) is 29.1 Å². The van der Waals surface area contributed by atoms with Crippen LogP contribution in [0.25, 0.3) is 28.2 Å². The number of carbonyl (C=O) groups is 1. The van der Waals surface area contributed by atoms with Crippen molar-refractivity contribution in [3.63, 3.8) is 0 Å². The van der Waals surface area contributed by atoms with Crippen LogP contribution in [-0.2, 0) is 16.2 Å². The molecular formula is C27H34N6O3Si. The lowest BCUT2D eigenvalue weighted by Gasteiger charge is -2.23. The molecule has 1 saturated heterocycles. The maximum Gasteiger partial charge on any atom is 0.415 e. The normalized spacial score (nSPS) is 16.2. The second kappa shape index (κ2) is 10.1. The minimum atomic E-state index is -1.12. The van der Waals surface area contributed by atoms with Crippen LogP contribution >= 0.6 is 0 Å². The smallest absolute Gasteiger partial charge is 0.415 e. The summed E-state index contributed by atoms with van der Waals surface area (Å²) in [5.74, 6) is 1.69. The van der Waals surface area contributed by atoms with Gasteiger partial charge in [-0.05, 0) is 23.6 Å². The van der Waals surface area contributed by atoms with Crippen LogP contribution in [0.1, 0.15) is 13.8 Å². The van der Waals surface area contributed by atoms with Gasteiger partial charge >= 0.3 is 6.09 Å². The van der Waals surface area contributed by atoms with Crippen LogP contribution in [0.3, 0.4) is 0 Å². The Morgan fingerprint density at radius 1 is 1.11 bits per heavy atom. The average molecular weight is 519 g/mol. The summed E-state index contributed by atoms with van der Waals surface area (Å²) in [6.45, 7) is 12.8. The van der Waals surface area contributed by atoms with Gasteiger partial charge in [0, 0.05) is 44.4 Å². The molecule has 0 saturated carbocycles. The number of anilines is 1. The van der Waals surface area contributed by atoms with E-state index in [1.54, 1.807) is 27.9 Å². The molecule has 1 atom stereocenters. The minimum Gasteiger partial charge on any atom is -0.447 e. The first-order valence-electron chi connectivity index (χ1n) is 12.7. The number of rotatable bonds is 9. The predicted molar refractivity (Wildman–Crippen MR) is 146 cm³/mol. The third-order valence-corrected chi connectivity index (χ3v) is 8.38. The quantitative estimate of drug-likeness (QED) is 0.213. The largest absolute Gasteiger partial charge is 0.447 e. The molecule has 1 unspecified atom stereocenters. The summed E-state index contributed by atoms with van der Waals surface area (Å²) in [6.07, 6.45) is 7.02. The van der Waals surface area contributed by atoms with Gasteiger partial charge in [-0.1, -0.05) is 57.8 Å². The third-order valence-electron chi connectivity index (χ3n) is 6.67. The zero-order chi connectivity index (χ0) is 26.2. The Kier molecular flexibility index (Phi) is 6.87. The molecule has 1 aliphatic heterocycles. The number of fused-ring (bicyclic) bond motifs is 1. The molecule has 9 nitrogen and oxygen atoms in total. The molecule has 10 heteroatoms. The lowest BCUT2D eigenvalue weighted by molar-refractivity contribution is 0.0883. The number of amides is 1. The number of aromatic nitrogens is 5. The lowest BCUT2D eigenvalue weighted by Crippen LogP contribution is -2.37. The molecule has 0 bridgehead atoms. The van der Waals surface area contributed by atoms with Crippen LogP contribution in [0.15, 0.2) is 55.1 Å². The first-order valence-corrected chi connectivity index (χ1v) is 16.4. The standard InChI is InChI=1S/C27H34N6O3Si/c1-19(2)23-17-36-27(34)33(23)24-10-12-32-26(30-24)22(16-29-32)20-6-8-21(9-7-20)25-28-11-13-31(25)18-35-14-15-37(3,4)5/h6-13,16,19,23H,14-15,17-18H2,1-5H3. The number of imidazole rings is 1. The Balaban J connectivity index is 1.37. The van der Waals surface area contributed by atoms with Gasteiger partial charge in [-0.25, -0.2) is 19.3 Å². The number of ether oxygens (including phenoxy) is 2. The number of carbonyl (C=O) groups excluding carboxylic acids is 1. The summed E-state index contributed by atoms with van der Waals surface area (Å²) in [5.41, 5.74) is 3.56. The maximum atomic E-state index is 12.4. The molecule has 4 aromatic rings. The Morgan fingerprint density at radius 3 is 2.59 bits per heavy atom. The van der Waals surface area contributed by atoms with E-state index >= 15 is 0 Å². The minimum absolute atomic E-state index is 0.0450. The Morgan fingerprint density at radius 2 is 1.86 bits per heavy atom. The maximum absolute atomic E-state index is 12.4. The number of hydrogen-bond acceptors (Lipinski definition) is 6. The van der Waals surface area contributed by atoms with E-state index in [2.05, 4.69) is 55.7 Å². The van der Waals surface area contributed by atoms with Gasteiger partial charge in [0.15, 0.2) is 5.65 Å². The van der Waals surface area contributed by atoms with Crippen LogP contribution in [0.4, 0.5) is 10.6 Å². The van der Waals surface area contributed by atoms with Gasteiger partial charge in [-0.15, -0.1) is 0 Å². The van der Waals surface area contributed by atoms with Crippen molar-refractivity contribution in [3.8, 4) is 22.5 Å². The van der Waals surface area contributed by atoms with E-state index in [0.717, 1.165) is 35.2 Å². The fourth-order valence-electron chi connectivity index (χ4n) is 4.40. The molecule has 1 amide bonds. The van der Waals surface area contributed by atoms with Gasteiger partial charge in [0.2, 0.25) is 0 Å². The number of hydrogen-bond donors (Lipinski definition) is 0. The van der Waals surface area contributed by atoms with Crippen LogP contribution in [0.2, 0.25) is 25.7 Å². The topological polar surface area (TPSA) is 86.8 Å². The van der Waals surface area contributed by atoms with Crippen LogP contribution in [-0.4, -0.2) is 57.6 Å². The molecule has 37 heavy (non-hydrogen) atoms. The second-order valence-electron chi connectivity index (χ2n) is 11.0. The first kappa shape index (κ1) is 25.2. The summed E-state index contributed by atoms with van der Waals surface area (Å²) >= 11 is 0.